The lowest BCUT2D eigenvalue weighted by molar-refractivity contribution is -0.140. The third-order valence-corrected chi connectivity index (χ3v) is 5.92. The number of carboxylic acid groups (broad SMARTS) is 1. The Hall–Kier alpha value is -2.07. The summed E-state index contributed by atoms with van der Waals surface area (Å²) in [6, 6.07) is 2.43. The third kappa shape index (κ3) is 8.17. The molecule has 1 saturated heterocycles. The van der Waals surface area contributed by atoms with E-state index in [1.165, 1.54) is 12.1 Å². The SMILES string of the molecule is O=C(O)CCCSCCN1C(=O)CC[C@@H]1C=C[C@@H](O)Cc1ccc(F)c(C(F)(F)F)c1. The number of hydrogen-bond acceptors (Lipinski definition) is 4. The van der Waals surface area contributed by atoms with Crippen molar-refractivity contribution >= 4 is 23.6 Å². The highest BCUT2D eigenvalue weighted by molar-refractivity contribution is 7.99. The number of carbonyl (C=O) groups excluding carboxylic acids is 1. The van der Waals surface area contributed by atoms with Crippen LogP contribution in [0.4, 0.5) is 17.6 Å². The summed E-state index contributed by atoms with van der Waals surface area (Å²) in [6.07, 6.45) is -1.24. The first-order chi connectivity index (χ1) is 14.6. The van der Waals surface area contributed by atoms with Crippen LogP contribution in [0.5, 0.6) is 0 Å². The van der Waals surface area contributed by atoms with Gasteiger partial charge in [-0.15, -0.1) is 0 Å². The second-order valence-corrected chi connectivity index (χ2v) is 8.50. The van der Waals surface area contributed by atoms with Crippen LogP contribution in [0, 0.1) is 5.82 Å². The van der Waals surface area contributed by atoms with E-state index in [1.807, 2.05) is 0 Å². The quantitative estimate of drug-likeness (QED) is 0.296. The molecule has 0 bridgehead atoms. The molecule has 5 nitrogen and oxygen atoms in total. The summed E-state index contributed by atoms with van der Waals surface area (Å²) in [4.78, 5) is 24.3. The predicted molar refractivity (Wildman–Crippen MR) is 109 cm³/mol. The molecule has 0 aromatic heterocycles. The molecular weight excluding hydrogens is 438 g/mol. The van der Waals surface area contributed by atoms with Crippen molar-refractivity contribution in [2.24, 2.45) is 0 Å². The van der Waals surface area contributed by atoms with Gasteiger partial charge < -0.3 is 15.1 Å². The normalized spacial score (nSPS) is 18.2. The lowest BCUT2D eigenvalue weighted by atomic mass is 10.0. The second kappa shape index (κ2) is 11.5. The van der Waals surface area contributed by atoms with E-state index in [0.29, 0.717) is 43.4 Å². The number of likely N-dealkylation sites (tertiary alicyclic amines) is 1. The van der Waals surface area contributed by atoms with Crippen LogP contribution >= 0.6 is 11.8 Å². The molecule has 1 aromatic rings. The zero-order valence-electron chi connectivity index (χ0n) is 16.8. The molecule has 1 aliphatic heterocycles. The lowest BCUT2D eigenvalue weighted by Gasteiger charge is -2.22. The van der Waals surface area contributed by atoms with Crippen LogP contribution in [0.1, 0.15) is 36.8 Å². The number of halogens is 4. The van der Waals surface area contributed by atoms with E-state index in [9.17, 15) is 32.3 Å². The zero-order valence-corrected chi connectivity index (χ0v) is 17.6. The number of thioether (sulfide) groups is 1. The van der Waals surface area contributed by atoms with Gasteiger partial charge in [0.25, 0.3) is 0 Å². The first-order valence-electron chi connectivity index (χ1n) is 9.89. The van der Waals surface area contributed by atoms with Crippen LogP contribution in [0.25, 0.3) is 0 Å². The molecule has 2 rings (SSSR count). The maximum Gasteiger partial charge on any atom is 0.419 e. The molecule has 2 atom stereocenters. The number of hydrogen-bond donors (Lipinski definition) is 2. The Bertz CT molecular complexity index is 800. The Morgan fingerprint density at radius 1 is 1.32 bits per heavy atom. The Balaban J connectivity index is 1.87. The van der Waals surface area contributed by atoms with E-state index in [0.717, 1.165) is 6.07 Å². The van der Waals surface area contributed by atoms with Gasteiger partial charge in [0.1, 0.15) is 5.82 Å². The Morgan fingerprint density at radius 3 is 2.74 bits per heavy atom. The topological polar surface area (TPSA) is 77.8 Å². The van der Waals surface area contributed by atoms with E-state index in [1.54, 1.807) is 22.7 Å². The molecule has 0 unspecified atom stereocenters. The predicted octanol–water partition coefficient (Wildman–Crippen LogP) is 3.89. The zero-order chi connectivity index (χ0) is 23.0. The van der Waals surface area contributed by atoms with Gasteiger partial charge in [-0.05, 0) is 36.3 Å². The molecule has 1 fully saturated rings. The number of benzene rings is 1. The van der Waals surface area contributed by atoms with Crippen LogP contribution in [-0.2, 0) is 22.2 Å². The van der Waals surface area contributed by atoms with Crippen LogP contribution in [0.2, 0.25) is 0 Å². The van der Waals surface area contributed by atoms with Crippen molar-refractivity contribution in [2.75, 3.05) is 18.1 Å². The van der Waals surface area contributed by atoms with Gasteiger partial charge >= 0.3 is 12.1 Å². The highest BCUT2D eigenvalue weighted by atomic mass is 32.2. The van der Waals surface area contributed by atoms with Gasteiger partial charge in [0.2, 0.25) is 5.91 Å². The van der Waals surface area contributed by atoms with Crippen LogP contribution in [0.3, 0.4) is 0 Å². The molecule has 1 aliphatic rings. The summed E-state index contributed by atoms with van der Waals surface area (Å²) in [6.45, 7) is 0.495. The Kier molecular flexibility index (Phi) is 9.36. The molecule has 0 aliphatic carbocycles. The monoisotopic (exact) mass is 463 g/mol. The van der Waals surface area contributed by atoms with Crippen molar-refractivity contribution in [3.05, 3.63) is 47.3 Å². The second-order valence-electron chi connectivity index (χ2n) is 7.27. The first-order valence-corrected chi connectivity index (χ1v) is 11.0. The van der Waals surface area contributed by atoms with E-state index < -0.39 is 29.6 Å². The number of carbonyl (C=O) groups is 2. The van der Waals surface area contributed by atoms with E-state index in [4.69, 9.17) is 5.11 Å². The number of aliphatic hydroxyl groups excluding tert-OH is 1. The average molecular weight is 463 g/mol. The summed E-state index contributed by atoms with van der Waals surface area (Å²) >= 11 is 1.56. The minimum absolute atomic E-state index is 0.0105. The van der Waals surface area contributed by atoms with Gasteiger partial charge in [-0.25, -0.2) is 4.39 Å². The molecule has 0 spiro atoms. The highest BCUT2D eigenvalue weighted by Gasteiger charge is 2.34. The minimum atomic E-state index is -4.81. The Labute approximate surface area is 182 Å². The number of rotatable bonds is 11. The molecular formula is C21H25F4NO4S. The van der Waals surface area contributed by atoms with Crippen LogP contribution < -0.4 is 0 Å². The molecule has 1 heterocycles. The van der Waals surface area contributed by atoms with Gasteiger partial charge in [0, 0.05) is 31.6 Å². The summed E-state index contributed by atoms with van der Waals surface area (Å²) < 4.78 is 51.8. The first kappa shape index (κ1) is 25.2. The van der Waals surface area contributed by atoms with Crippen molar-refractivity contribution in [3.8, 4) is 0 Å². The van der Waals surface area contributed by atoms with E-state index >= 15 is 0 Å². The Morgan fingerprint density at radius 2 is 2.06 bits per heavy atom. The number of aliphatic carboxylic acids is 1. The number of aliphatic hydroxyl groups is 1. The largest absolute Gasteiger partial charge is 0.481 e. The van der Waals surface area contributed by atoms with Gasteiger partial charge in [-0.3, -0.25) is 9.59 Å². The van der Waals surface area contributed by atoms with E-state index in [-0.39, 0.29) is 30.4 Å². The molecule has 1 amide bonds. The molecule has 0 radical (unpaired) electrons. The smallest absolute Gasteiger partial charge is 0.419 e. The average Bonchev–Trinajstić information content (AvgIpc) is 3.03. The third-order valence-electron chi connectivity index (χ3n) is 4.87. The molecule has 0 saturated carbocycles. The van der Waals surface area contributed by atoms with Gasteiger partial charge in [-0.1, -0.05) is 18.2 Å². The van der Waals surface area contributed by atoms with Crippen LogP contribution in [-0.4, -0.2) is 57.2 Å². The summed E-state index contributed by atoms with van der Waals surface area (Å²) in [5.41, 5.74) is -1.21. The van der Waals surface area contributed by atoms with Crippen molar-refractivity contribution < 1.29 is 37.4 Å². The molecule has 1 aromatic carbocycles. The molecule has 172 valence electrons. The fourth-order valence-electron chi connectivity index (χ4n) is 3.32. The van der Waals surface area contributed by atoms with Crippen molar-refractivity contribution in [3.63, 3.8) is 0 Å². The minimum Gasteiger partial charge on any atom is -0.481 e. The molecule has 10 heteroatoms. The summed E-state index contributed by atoms with van der Waals surface area (Å²) in [7, 11) is 0. The summed E-state index contributed by atoms with van der Waals surface area (Å²) in [5.74, 6) is -0.862. The maximum absolute atomic E-state index is 13.4. The molecule has 31 heavy (non-hydrogen) atoms. The van der Waals surface area contributed by atoms with Crippen molar-refractivity contribution in [2.45, 2.75) is 50.4 Å². The maximum atomic E-state index is 13.4. The van der Waals surface area contributed by atoms with Crippen molar-refractivity contribution in [1.82, 2.24) is 4.90 Å². The standard InChI is InChI=1S/C21H25F4NO4S/c22-18-7-3-14(13-17(18)21(23,24)25)12-16(27)6-4-15-5-8-19(28)26(15)9-11-31-10-1-2-20(29)30/h3-4,6-7,13,15-16,27H,1-2,5,8-12H2,(H,29,30)/t15-,16+/m0/s1. The molecule has 2 N–H and O–H groups in total. The van der Waals surface area contributed by atoms with Gasteiger partial charge in [-0.2, -0.15) is 24.9 Å². The lowest BCUT2D eigenvalue weighted by Crippen LogP contribution is -2.34. The summed E-state index contributed by atoms with van der Waals surface area (Å²) in [5, 5.41) is 18.8. The number of nitrogens with zero attached hydrogens (tertiary/aromatic N) is 1. The van der Waals surface area contributed by atoms with Gasteiger partial charge in [0.05, 0.1) is 17.7 Å². The van der Waals surface area contributed by atoms with E-state index in [2.05, 4.69) is 0 Å². The fourth-order valence-corrected chi connectivity index (χ4v) is 4.20. The van der Waals surface area contributed by atoms with Crippen molar-refractivity contribution in [1.29, 1.82) is 0 Å². The highest BCUT2D eigenvalue weighted by Crippen LogP contribution is 2.32. The number of amides is 1. The fraction of sp³-hybridized carbons (Fsp3) is 0.524. The number of alkyl halides is 3. The van der Waals surface area contributed by atoms with Crippen LogP contribution in [0.15, 0.2) is 30.4 Å². The number of carboxylic acids is 1. The van der Waals surface area contributed by atoms with Gasteiger partial charge in [0.15, 0.2) is 0 Å².